The Morgan fingerprint density at radius 1 is 1.28 bits per heavy atom. The van der Waals surface area contributed by atoms with Gasteiger partial charge in [0.2, 0.25) is 0 Å². The Bertz CT molecular complexity index is 403. The summed E-state index contributed by atoms with van der Waals surface area (Å²) in [6.07, 6.45) is 0. The first-order valence-corrected chi connectivity index (χ1v) is 5.68. The second-order valence-corrected chi connectivity index (χ2v) is 4.21. The predicted molar refractivity (Wildman–Crippen MR) is 63.7 cm³/mol. The lowest BCUT2D eigenvalue weighted by molar-refractivity contribution is -0.309. The zero-order valence-corrected chi connectivity index (χ0v) is 10.4. The summed E-state index contributed by atoms with van der Waals surface area (Å²) in [7, 11) is 0. The van der Waals surface area contributed by atoms with E-state index in [1.807, 2.05) is 6.07 Å². The Balaban J connectivity index is 2.44. The lowest BCUT2D eigenvalue weighted by atomic mass is 10.1. The van der Waals surface area contributed by atoms with E-state index in [9.17, 15) is 14.7 Å². The largest absolute Gasteiger partial charge is 0.548 e. The summed E-state index contributed by atoms with van der Waals surface area (Å²) in [6.45, 7) is 3.16. The molecule has 0 aromatic heterocycles. The molecule has 0 saturated carbocycles. The molecule has 98 valence electrons. The number of ether oxygens (including phenoxy) is 1. The molecule has 0 radical (unpaired) electrons. The number of benzene rings is 1. The molecule has 1 atom stereocenters. The molecule has 18 heavy (non-hydrogen) atoms. The van der Waals surface area contributed by atoms with Crippen molar-refractivity contribution in [2.75, 3.05) is 6.61 Å². The van der Waals surface area contributed by atoms with Crippen molar-refractivity contribution < 1.29 is 19.4 Å². The molecule has 1 N–H and O–H groups in total. The lowest BCUT2D eigenvalue weighted by Gasteiger charge is -2.23. The SMILES string of the molecule is CC(C)[C@H](NC(=O)COc1ccccc1)C(=O)[O-]. The first kappa shape index (κ1) is 14.0. The Morgan fingerprint density at radius 3 is 2.39 bits per heavy atom. The highest BCUT2D eigenvalue weighted by atomic mass is 16.5. The maximum atomic E-state index is 11.5. The van der Waals surface area contributed by atoms with E-state index in [-0.39, 0.29) is 12.5 Å². The zero-order valence-electron chi connectivity index (χ0n) is 10.4. The van der Waals surface area contributed by atoms with Crippen molar-refractivity contribution in [3.05, 3.63) is 30.3 Å². The van der Waals surface area contributed by atoms with Gasteiger partial charge < -0.3 is 20.0 Å². The van der Waals surface area contributed by atoms with Gasteiger partial charge in [-0.2, -0.15) is 0 Å². The van der Waals surface area contributed by atoms with Gasteiger partial charge in [-0.1, -0.05) is 32.0 Å². The Hall–Kier alpha value is -2.04. The van der Waals surface area contributed by atoms with Crippen LogP contribution in [0.1, 0.15) is 13.8 Å². The van der Waals surface area contributed by atoms with Crippen LogP contribution in [0.25, 0.3) is 0 Å². The highest BCUT2D eigenvalue weighted by Crippen LogP contribution is 2.08. The number of amides is 1. The van der Waals surface area contributed by atoms with Crippen LogP contribution in [-0.4, -0.2) is 24.5 Å². The smallest absolute Gasteiger partial charge is 0.258 e. The minimum absolute atomic E-state index is 0.222. The van der Waals surface area contributed by atoms with Gasteiger partial charge in [-0.25, -0.2) is 0 Å². The summed E-state index contributed by atoms with van der Waals surface area (Å²) in [5.74, 6) is -1.46. The van der Waals surface area contributed by atoms with E-state index in [0.29, 0.717) is 5.75 Å². The van der Waals surface area contributed by atoms with E-state index in [1.54, 1.807) is 38.1 Å². The molecule has 0 aliphatic carbocycles. The summed E-state index contributed by atoms with van der Waals surface area (Å²) in [5.41, 5.74) is 0. The van der Waals surface area contributed by atoms with Crippen molar-refractivity contribution >= 4 is 11.9 Å². The van der Waals surface area contributed by atoms with E-state index >= 15 is 0 Å². The van der Waals surface area contributed by atoms with Crippen LogP contribution in [0.15, 0.2) is 30.3 Å². The molecule has 0 fully saturated rings. The fourth-order valence-corrected chi connectivity index (χ4v) is 1.38. The van der Waals surface area contributed by atoms with Crippen LogP contribution in [0.5, 0.6) is 5.75 Å². The first-order chi connectivity index (χ1) is 8.50. The van der Waals surface area contributed by atoms with Crippen molar-refractivity contribution in [3.63, 3.8) is 0 Å². The van der Waals surface area contributed by atoms with Gasteiger partial charge in [-0.3, -0.25) is 4.79 Å². The Labute approximate surface area is 106 Å². The molecule has 5 heteroatoms. The Kier molecular flexibility index (Phi) is 5.17. The first-order valence-electron chi connectivity index (χ1n) is 5.68. The van der Waals surface area contributed by atoms with Crippen LogP contribution in [0.2, 0.25) is 0 Å². The fraction of sp³-hybridized carbons (Fsp3) is 0.385. The molecule has 0 bridgehead atoms. The molecule has 0 saturated heterocycles. The van der Waals surface area contributed by atoms with Crippen molar-refractivity contribution in [1.29, 1.82) is 0 Å². The van der Waals surface area contributed by atoms with E-state index in [1.165, 1.54) is 0 Å². The molecule has 1 rings (SSSR count). The summed E-state index contributed by atoms with van der Waals surface area (Å²) in [5, 5.41) is 13.1. The zero-order chi connectivity index (χ0) is 13.5. The summed E-state index contributed by atoms with van der Waals surface area (Å²) < 4.78 is 5.20. The molecular weight excluding hydrogens is 234 g/mol. The molecule has 1 aromatic carbocycles. The van der Waals surface area contributed by atoms with E-state index in [2.05, 4.69) is 5.32 Å². The average Bonchev–Trinajstić information content (AvgIpc) is 2.34. The maximum Gasteiger partial charge on any atom is 0.258 e. The molecular formula is C13H16NO4-. The van der Waals surface area contributed by atoms with Gasteiger partial charge in [0.1, 0.15) is 5.75 Å². The van der Waals surface area contributed by atoms with Crippen molar-refractivity contribution in [2.24, 2.45) is 5.92 Å². The number of carbonyl (C=O) groups excluding carboxylic acids is 2. The molecule has 5 nitrogen and oxygen atoms in total. The van der Waals surface area contributed by atoms with Crippen LogP contribution < -0.4 is 15.2 Å². The molecule has 0 aliphatic heterocycles. The molecule has 0 spiro atoms. The number of carboxylic acids is 1. The second kappa shape index (κ2) is 6.64. The van der Waals surface area contributed by atoms with Gasteiger partial charge in [0.15, 0.2) is 6.61 Å². The molecule has 1 aromatic rings. The summed E-state index contributed by atoms with van der Waals surface area (Å²) in [6, 6.07) is 7.82. The maximum absolute atomic E-state index is 11.5. The Morgan fingerprint density at radius 2 is 1.89 bits per heavy atom. The van der Waals surface area contributed by atoms with Gasteiger partial charge in [0, 0.05) is 0 Å². The summed E-state index contributed by atoms with van der Waals surface area (Å²) >= 11 is 0. The quantitative estimate of drug-likeness (QED) is 0.768. The third-order valence-corrected chi connectivity index (χ3v) is 2.35. The number of carbonyl (C=O) groups is 2. The summed E-state index contributed by atoms with van der Waals surface area (Å²) in [4.78, 5) is 22.3. The molecule has 0 heterocycles. The number of nitrogens with one attached hydrogen (secondary N) is 1. The molecule has 1 amide bonds. The number of para-hydroxylation sites is 1. The number of carboxylic acid groups (broad SMARTS) is 1. The van der Waals surface area contributed by atoms with Gasteiger partial charge in [-0.15, -0.1) is 0 Å². The minimum atomic E-state index is -1.29. The van der Waals surface area contributed by atoms with Crippen LogP contribution in [0.4, 0.5) is 0 Å². The van der Waals surface area contributed by atoms with Crippen LogP contribution >= 0.6 is 0 Å². The van der Waals surface area contributed by atoms with Crippen molar-refractivity contribution in [3.8, 4) is 5.75 Å². The topological polar surface area (TPSA) is 78.5 Å². The van der Waals surface area contributed by atoms with Crippen LogP contribution in [0, 0.1) is 5.92 Å². The predicted octanol–water partition coefficient (Wildman–Crippen LogP) is -0.0439. The van der Waals surface area contributed by atoms with Gasteiger partial charge in [-0.05, 0) is 18.1 Å². The highest BCUT2D eigenvalue weighted by Gasteiger charge is 2.17. The van der Waals surface area contributed by atoms with Gasteiger partial charge in [0.05, 0.1) is 12.0 Å². The monoisotopic (exact) mass is 250 g/mol. The number of hydrogen-bond acceptors (Lipinski definition) is 4. The second-order valence-electron chi connectivity index (χ2n) is 4.21. The van der Waals surface area contributed by atoms with Gasteiger partial charge >= 0.3 is 0 Å². The number of aliphatic carboxylic acids is 1. The van der Waals surface area contributed by atoms with E-state index < -0.39 is 17.9 Å². The van der Waals surface area contributed by atoms with E-state index in [4.69, 9.17) is 4.74 Å². The fourth-order valence-electron chi connectivity index (χ4n) is 1.38. The average molecular weight is 250 g/mol. The van der Waals surface area contributed by atoms with Crippen LogP contribution in [0.3, 0.4) is 0 Å². The third kappa shape index (κ3) is 4.45. The number of rotatable bonds is 6. The van der Waals surface area contributed by atoms with Crippen molar-refractivity contribution in [2.45, 2.75) is 19.9 Å². The minimum Gasteiger partial charge on any atom is -0.548 e. The molecule has 0 aliphatic rings. The van der Waals surface area contributed by atoms with Crippen molar-refractivity contribution in [1.82, 2.24) is 5.32 Å². The van der Waals surface area contributed by atoms with Gasteiger partial charge in [0.25, 0.3) is 5.91 Å². The lowest BCUT2D eigenvalue weighted by Crippen LogP contribution is -2.51. The van der Waals surface area contributed by atoms with E-state index in [0.717, 1.165) is 0 Å². The third-order valence-electron chi connectivity index (χ3n) is 2.35. The molecule has 0 unspecified atom stereocenters. The normalized spacial score (nSPS) is 11.9. The highest BCUT2D eigenvalue weighted by molar-refractivity contribution is 5.83. The number of hydrogen-bond donors (Lipinski definition) is 1. The standard InChI is InChI=1S/C13H17NO4/c1-9(2)12(13(16)17)14-11(15)8-18-10-6-4-3-5-7-10/h3-7,9,12H,8H2,1-2H3,(H,14,15)(H,16,17)/p-1/t12-/m0/s1. The van der Waals surface area contributed by atoms with Crippen LogP contribution in [-0.2, 0) is 9.59 Å².